The molecule has 0 aliphatic rings. The summed E-state index contributed by atoms with van der Waals surface area (Å²) in [6.45, 7) is 0. The van der Waals surface area contributed by atoms with Crippen LogP contribution in [0.15, 0.2) is 72.8 Å². The quantitative estimate of drug-likeness (QED) is 0.262. The van der Waals surface area contributed by atoms with Gasteiger partial charge in [-0.15, -0.1) is 0 Å². The van der Waals surface area contributed by atoms with Gasteiger partial charge in [0.15, 0.2) is 6.21 Å². The fourth-order valence-electron chi connectivity index (χ4n) is 2.59. The van der Waals surface area contributed by atoms with Gasteiger partial charge in [-0.3, -0.25) is 0 Å². The normalized spacial score (nSPS) is 10.2. The Hall–Kier alpha value is -1.15. The summed E-state index contributed by atoms with van der Waals surface area (Å²) in [5.41, 5.74) is 3.48. The molecule has 0 bridgehead atoms. The van der Waals surface area contributed by atoms with Crippen LogP contribution in [0.2, 0.25) is 0 Å². The average Bonchev–Trinajstić information content (AvgIpc) is 2.66. The van der Waals surface area contributed by atoms with Crippen LogP contribution in [-0.4, -0.2) is 30.0 Å². The third-order valence-corrected chi connectivity index (χ3v) is 5.13. The molecule has 3 aromatic carbocycles. The molecule has 1 unspecified atom stereocenters. The zero-order valence-corrected chi connectivity index (χ0v) is 19.2. The summed E-state index contributed by atoms with van der Waals surface area (Å²) in [5, 5.41) is 12.5. The zero-order chi connectivity index (χ0) is 19.6. The van der Waals surface area contributed by atoms with Crippen molar-refractivity contribution >= 4 is 44.0 Å². The van der Waals surface area contributed by atoms with Crippen LogP contribution < -0.4 is 10.6 Å². The van der Waals surface area contributed by atoms with E-state index in [1.165, 1.54) is 10.9 Å². The van der Waals surface area contributed by atoms with E-state index in [9.17, 15) is 5.11 Å². The van der Waals surface area contributed by atoms with Crippen LogP contribution in [0.3, 0.4) is 0 Å². The topological polar surface area (TPSA) is 23.2 Å². The fraction of sp³-hybridized carbons (Fsp3) is 0.0952. The van der Waals surface area contributed by atoms with E-state index in [1.54, 1.807) is 6.07 Å². The molecule has 0 spiro atoms. The van der Waals surface area contributed by atoms with Crippen molar-refractivity contribution in [3.05, 3.63) is 78.4 Å². The molecule has 27 heavy (non-hydrogen) atoms. The Bertz CT molecular complexity index is 900. The molecule has 6 heteroatoms. The molecule has 0 heterocycles. The minimum absolute atomic E-state index is 0.354. The van der Waals surface area contributed by atoms with E-state index in [2.05, 4.69) is 36.5 Å². The molecular formula is C21H21Cl2NOPTi+. The van der Waals surface area contributed by atoms with Crippen molar-refractivity contribution in [2.75, 3.05) is 14.1 Å². The Morgan fingerprint density at radius 1 is 0.852 bits per heavy atom. The molecule has 0 saturated carbocycles. The number of hydrogen-bond acceptors (Lipinski definition) is 1. The van der Waals surface area contributed by atoms with Crippen molar-refractivity contribution in [2.45, 2.75) is 0 Å². The van der Waals surface area contributed by atoms with Crippen LogP contribution in [0.1, 0.15) is 5.56 Å². The van der Waals surface area contributed by atoms with Crippen molar-refractivity contribution in [2.24, 2.45) is 0 Å². The standard InChI is InChI=1S/C21H20NOP.2ClH.Ti/c1-22(2)15-18-10-6-7-11-20(18)24-21-14-17(12-13-19(21)23)16-8-4-3-5-9-16;;;/h3-15,24H,1-2H3;2*1H;/q;;;+2/p-1. The summed E-state index contributed by atoms with van der Waals surface area (Å²) in [7, 11) is 14.2. The first-order valence-corrected chi connectivity index (χ1v) is 13.6. The van der Waals surface area contributed by atoms with E-state index >= 15 is 0 Å². The maximum absolute atomic E-state index is 10.3. The number of halogens is 2. The summed E-state index contributed by atoms with van der Waals surface area (Å²) in [5.74, 6) is 0.354. The van der Waals surface area contributed by atoms with E-state index in [0.29, 0.717) is 14.3 Å². The van der Waals surface area contributed by atoms with Crippen LogP contribution in [0.4, 0.5) is 0 Å². The number of benzene rings is 3. The van der Waals surface area contributed by atoms with E-state index < -0.39 is 17.0 Å². The van der Waals surface area contributed by atoms with Crippen LogP contribution in [0.25, 0.3) is 11.1 Å². The predicted octanol–water partition coefficient (Wildman–Crippen LogP) is 4.76. The molecule has 0 amide bonds. The van der Waals surface area contributed by atoms with Crippen molar-refractivity contribution in [1.82, 2.24) is 0 Å². The number of phenols is 1. The summed E-state index contributed by atoms with van der Waals surface area (Å²) >= 11 is -0.556. The van der Waals surface area contributed by atoms with E-state index in [-0.39, 0.29) is 0 Å². The van der Waals surface area contributed by atoms with Gasteiger partial charge in [0.2, 0.25) is 0 Å². The second-order valence-corrected chi connectivity index (χ2v) is 9.88. The first-order valence-electron chi connectivity index (χ1n) is 8.27. The Labute approximate surface area is 179 Å². The van der Waals surface area contributed by atoms with E-state index in [4.69, 9.17) is 18.6 Å². The summed E-state index contributed by atoms with van der Waals surface area (Å²) in [4.78, 5) is 0. The first kappa shape index (κ1) is 22.1. The Morgan fingerprint density at radius 3 is 2.15 bits per heavy atom. The minimum atomic E-state index is -0.556. The molecular weight excluding hydrogens is 432 g/mol. The molecule has 1 atom stereocenters. The van der Waals surface area contributed by atoms with Gasteiger partial charge in [0.05, 0.1) is 0 Å². The van der Waals surface area contributed by atoms with Gasteiger partial charge < -0.3 is 5.11 Å². The van der Waals surface area contributed by atoms with Gasteiger partial charge in [0, 0.05) is 10.9 Å². The Balaban J connectivity index is 0.000000817. The zero-order valence-electron chi connectivity index (χ0n) is 15.2. The third-order valence-electron chi connectivity index (χ3n) is 3.73. The molecule has 0 fully saturated rings. The molecule has 1 N–H and O–H groups in total. The average molecular weight is 453 g/mol. The van der Waals surface area contributed by atoms with Gasteiger partial charge in [-0.25, -0.2) is 4.58 Å². The second-order valence-electron chi connectivity index (χ2n) is 5.97. The van der Waals surface area contributed by atoms with Crippen molar-refractivity contribution < 1.29 is 26.7 Å². The van der Waals surface area contributed by atoms with Gasteiger partial charge in [-0.2, -0.15) is 0 Å². The number of phenolic OH excluding ortho intramolecular Hbond substituents is 1. The Morgan fingerprint density at radius 2 is 1.48 bits per heavy atom. The molecule has 0 radical (unpaired) electrons. The van der Waals surface area contributed by atoms with Crippen LogP contribution in [0.5, 0.6) is 5.75 Å². The van der Waals surface area contributed by atoms with Gasteiger partial charge in [0.25, 0.3) is 0 Å². The van der Waals surface area contributed by atoms with Crippen molar-refractivity contribution in [3.63, 3.8) is 0 Å². The van der Waals surface area contributed by atoms with Gasteiger partial charge >= 0.3 is 35.6 Å². The Kier molecular flexibility index (Phi) is 9.55. The van der Waals surface area contributed by atoms with Gasteiger partial charge in [0.1, 0.15) is 19.8 Å². The first-order chi connectivity index (χ1) is 13.0. The monoisotopic (exact) mass is 452 g/mol. The van der Waals surface area contributed by atoms with Crippen LogP contribution in [0, 0.1) is 0 Å². The number of nitrogens with zero attached hydrogens (tertiary/aromatic N) is 1. The molecule has 0 aromatic heterocycles. The number of hydrogen-bond donors (Lipinski definition) is 1. The summed E-state index contributed by atoms with van der Waals surface area (Å²) in [6, 6.07) is 24.5. The molecule has 0 saturated heterocycles. The third kappa shape index (κ3) is 7.07. The van der Waals surface area contributed by atoms with Crippen molar-refractivity contribution in [1.29, 1.82) is 0 Å². The SMILES string of the molecule is C[N+](C)=Cc1ccccc1Pc1cc(-c2ccccc2)ccc1O.[Cl][Ti][Cl]. The molecule has 3 aromatic rings. The van der Waals surface area contributed by atoms with E-state index in [0.717, 1.165) is 16.4 Å². The number of aromatic hydroxyl groups is 1. The second kappa shape index (κ2) is 11.6. The molecule has 3 rings (SSSR count). The molecule has 138 valence electrons. The summed E-state index contributed by atoms with van der Waals surface area (Å²) < 4.78 is 2.05. The molecule has 0 aliphatic heterocycles. The van der Waals surface area contributed by atoms with Gasteiger partial charge in [-0.05, 0) is 34.6 Å². The number of rotatable bonds is 4. The van der Waals surface area contributed by atoms with Crippen LogP contribution >= 0.6 is 27.2 Å². The predicted molar refractivity (Wildman–Crippen MR) is 117 cm³/mol. The van der Waals surface area contributed by atoms with Gasteiger partial charge in [-0.1, -0.05) is 63.2 Å². The summed E-state index contributed by atoms with van der Waals surface area (Å²) in [6.07, 6.45) is 2.11. The maximum atomic E-state index is 10.3. The fourth-order valence-corrected chi connectivity index (χ4v) is 3.79. The van der Waals surface area contributed by atoms with E-state index in [1.807, 2.05) is 55.1 Å². The van der Waals surface area contributed by atoms with Crippen LogP contribution in [-0.2, 0) is 17.0 Å². The molecule has 0 aliphatic carbocycles. The van der Waals surface area contributed by atoms with Crippen molar-refractivity contribution in [3.8, 4) is 16.9 Å². The molecule has 2 nitrogen and oxygen atoms in total.